The van der Waals surface area contributed by atoms with Crippen LogP contribution in [0.5, 0.6) is 0 Å². The Kier molecular flexibility index (Phi) is 6.25. The molecule has 0 spiro atoms. The van der Waals surface area contributed by atoms with Crippen molar-refractivity contribution >= 4 is 23.5 Å². The molecule has 0 N–H and O–H groups in total. The zero-order valence-corrected chi connectivity index (χ0v) is 9.74. The van der Waals surface area contributed by atoms with Crippen LogP contribution in [0.25, 0.3) is 12.2 Å². The van der Waals surface area contributed by atoms with Crippen LogP contribution in [-0.2, 0) is 0 Å². The lowest BCUT2D eigenvalue weighted by Crippen LogP contribution is -2.15. The number of hydrogen-bond donors (Lipinski definition) is 0. The van der Waals surface area contributed by atoms with Crippen LogP contribution in [0.15, 0.2) is 18.7 Å². The van der Waals surface area contributed by atoms with Gasteiger partial charge in [0.05, 0.1) is 0 Å². The van der Waals surface area contributed by atoms with E-state index in [1.807, 2.05) is 37.3 Å². The summed E-state index contributed by atoms with van der Waals surface area (Å²) in [6.07, 6.45) is 6.00. The summed E-state index contributed by atoms with van der Waals surface area (Å²) in [6, 6.07) is 2.18. The van der Waals surface area contributed by atoms with Crippen molar-refractivity contribution in [1.82, 2.24) is 0 Å². The molecule has 72 valence electrons. The monoisotopic (exact) mass is 194 g/mol. The number of aryl methyl sites for hydroxylation is 1. The number of rotatable bonds is 1. The lowest BCUT2D eigenvalue weighted by molar-refractivity contribution is 1.50. The van der Waals surface area contributed by atoms with Gasteiger partial charge in [0.15, 0.2) is 0 Å². The molecule has 0 aliphatic rings. The van der Waals surface area contributed by atoms with Gasteiger partial charge in [0.25, 0.3) is 0 Å². The molecule has 0 radical (unpaired) electrons. The first-order valence-corrected chi connectivity index (χ1v) is 5.45. The molecule has 1 heterocycles. The zero-order chi connectivity index (χ0) is 10.3. The average Bonchev–Trinajstić information content (AvgIpc) is 2.50. The van der Waals surface area contributed by atoms with E-state index >= 15 is 0 Å². The Balaban J connectivity index is 0.000000671. The maximum atomic E-state index is 3.68. The van der Waals surface area contributed by atoms with Gasteiger partial charge in [0.2, 0.25) is 0 Å². The molecule has 1 heteroatoms. The molecule has 0 bridgehead atoms. The maximum absolute atomic E-state index is 3.68. The van der Waals surface area contributed by atoms with Gasteiger partial charge in [-0.25, -0.2) is 0 Å². The average molecular weight is 194 g/mol. The van der Waals surface area contributed by atoms with Crippen molar-refractivity contribution < 1.29 is 0 Å². The number of allylic oxidation sites excluding steroid dienone is 1. The smallest absolute Gasteiger partial charge is 0.0302 e. The highest BCUT2D eigenvalue weighted by Gasteiger charge is 1.88. The van der Waals surface area contributed by atoms with Gasteiger partial charge < -0.3 is 0 Å². The van der Waals surface area contributed by atoms with E-state index in [9.17, 15) is 0 Å². The summed E-state index contributed by atoms with van der Waals surface area (Å²) in [5.41, 5.74) is 0. The molecule has 0 atom stereocenters. The minimum absolute atomic E-state index is 1.28. The van der Waals surface area contributed by atoms with E-state index in [1.165, 1.54) is 14.6 Å². The molecular weight excluding hydrogens is 176 g/mol. The lowest BCUT2D eigenvalue weighted by atomic mass is 10.3. The SMILES string of the molecule is C=C/C=c1/cc(C)s/c1=C/C.CC. The Morgan fingerprint density at radius 3 is 2.46 bits per heavy atom. The molecular formula is C12H18S. The van der Waals surface area contributed by atoms with Gasteiger partial charge in [-0.3, -0.25) is 0 Å². The fourth-order valence-corrected chi connectivity index (χ4v) is 1.93. The van der Waals surface area contributed by atoms with E-state index in [1.54, 1.807) is 0 Å². The standard InChI is InChI=1S/C10H12S.C2H6/c1-4-6-9-7-8(3)11-10(9)5-2;1-2/h4-7H,1H2,2-3H3;1-2H3/b9-6-,10-5+;. The number of thiophene rings is 1. The van der Waals surface area contributed by atoms with Crippen LogP contribution in [0, 0.1) is 6.92 Å². The van der Waals surface area contributed by atoms with Crippen molar-refractivity contribution in [1.29, 1.82) is 0 Å². The second-order valence-corrected chi connectivity index (χ2v) is 3.66. The van der Waals surface area contributed by atoms with Crippen molar-refractivity contribution in [2.24, 2.45) is 0 Å². The van der Waals surface area contributed by atoms with Gasteiger partial charge in [-0.15, -0.1) is 11.3 Å². The summed E-state index contributed by atoms with van der Waals surface area (Å²) in [6.45, 7) is 11.9. The molecule has 0 saturated heterocycles. The van der Waals surface area contributed by atoms with Crippen LogP contribution in [-0.4, -0.2) is 0 Å². The Morgan fingerprint density at radius 2 is 2.00 bits per heavy atom. The first-order chi connectivity index (χ1) is 6.27. The minimum Gasteiger partial charge on any atom is -0.141 e. The van der Waals surface area contributed by atoms with Gasteiger partial charge in [-0.05, 0) is 25.1 Å². The Hall–Kier alpha value is -0.820. The summed E-state index contributed by atoms with van der Waals surface area (Å²) in [5.74, 6) is 0. The molecule has 0 unspecified atom stereocenters. The van der Waals surface area contributed by atoms with E-state index < -0.39 is 0 Å². The van der Waals surface area contributed by atoms with Gasteiger partial charge in [0, 0.05) is 9.41 Å². The zero-order valence-electron chi connectivity index (χ0n) is 8.92. The van der Waals surface area contributed by atoms with Crippen LogP contribution in [0.1, 0.15) is 25.6 Å². The third-order valence-electron chi connectivity index (χ3n) is 1.47. The predicted octanol–water partition coefficient (Wildman–Crippen LogP) is 2.85. The minimum atomic E-state index is 1.28. The molecule has 0 nitrogen and oxygen atoms in total. The second-order valence-electron chi connectivity index (χ2n) is 2.37. The third-order valence-corrected chi connectivity index (χ3v) is 2.60. The van der Waals surface area contributed by atoms with E-state index in [2.05, 4.69) is 32.6 Å². The molecule has 0 saturated carbocycles. The fraction of sp³-hybridized carbons (Fsp3) is 0.333. The molecule has 0 aliphatic heterocycles. The highest BCUT2D eigenvalue weighted by atomic mass is 32.1. The summed E-state index contributed by atoms with van der Waals surface area (Å²) >= 11 is 1.82. The van der Waals surface area contributed by atoms with E-state index in [4.69, 9.17) is 0 Å². The maximum Gasteiger partial charge on any atom is 0.0302 e. The van der Waals surface area contributed by atoms with E-state index in [-0.39, 0.29) is 0 Å². The van der Waals surface area contributed by atoms with Crippen molar-refractivity contribution in [3.63, 3.8) is 0 Å². The quantitative estimate of drug-likeness (QED) is 0.645. The van der Waals surface area contributed by atoms with Gasteiger partial charge in [0.1, 0.15) is 0 Å². The predicted molar refractivity (Wildman–Crippen MR) is 64.5 cm³/mol. The lowest BCUT2D eigenvalue weighted by Gasteiger charge is -1.72. The Labute approximate surface area is 84.9 Å². The Morgan fingerprint density at radius 1 is 1.38 bits per heavy atom. The van der Waals surface area contributed by atoms with Crippen LogP contribution < -0.4 is 9.75 Å². The van der Waals surface area contributed by atoms with Gasteiger partial charge in [-0.2, -0.15) is 0 Å². The van der Waals surface area contributed by atoms with Crippen molar-refractivity contribution in [2.45, 2.75) is 27.7 Å². The summed E-state index contributed by atoms with van der Waals surface area (Å²) < 4.78 is 1.34. The first kappa shape index (κ1) is 12.2. The van der Waals surface area contributed by atoms with Crippen LogP contribution in [0.4, 0.5) is 0 Å². The van der Waals surface area contributed by atoms with E-state index in [0.29, 0.717) is 0 Å². The van der Waals surface area contributed by atoms with Crippen LogP contribution >= 0.6 is 11.3 Å². The van der Waals surface area contributed by atoms with Crippen molar-refractivity contribution in [2.75, 3.05) is 0 Å². The van der Waals surface area contributed by atoms with Crippen LogP contribution in [0.3, 0.4) is 0 Å². The van der Waals surface area contributed by atoms with Gasteiger partial charge >= 0.3 is 0 Å². The highest BCUT2D eigenvalue weighted by molar-refractivity contribution is 7.09. The largest absolute Gasteiger partial charge is 0.141 e. The number of hydrogen-bond acceptors (Lipinski definition) is 1. The summed E-state index contributed by atoms with van der Waals surface area (Å²) in [4.78, 5) is 1.35. The first-order valence-electron chi connectivity index (χ1n) is 4.63. The molecule has 0 aliphatic carbocycles. The van der Waals surface area contributed by atoms with Crippen LogP contribution in [0.2, 0.25) is 0 Å². The summed E-state index contributed by atoms with van der Waals surface area (Å²) in [7, 11) is 0. The topological polar surface area (TPSA) is 0 Å². The van der Waals surface area contributed by atoms with Gasteiger partial charge in [-0.1, -0.05) is 38.7 Å². The van der Waals surface area contributed by atoms with Crippen molar-refractivity contribution in [3.8, 4) is 0 Å². The molecule has 1 aromatic heterocycles. The summed E-state index contributed by atoms with van der Waals surface area (Å²) in [5, 5.41) is 1.28. The molecule has 13 heavy (non-hydrogen) atoms. The third kappa shape index (κ3) is 3.60. The highest BCUT2D eigenvalue weighted by Crippen LogP contribution is 1.94. The molecule has 0 aromatic carbocycles. The van der Waals surface area contributed by atoms with E-state index in [0.717, 1.165) is 0 Å². The Bertz CT molecular complexity index is 355. The molecule has 1 aromatic rings. The molecule has 0 fully saturated rings. The second kappa shape index (κ2) is 6.67. The molecule has 1 rings (SSSR count). The van der Waals surface area contributed by atoms with Crippen molar-refractivity contribution in [3.05, 3.63) is 33.3 Å². The molecule has 0 amide bonds. The fourth-order valence-electron chi connectivity index (χ4n) is 1.03. The normalized spacial score (nSPS) is 12.3.